The minimum absolute atomic E-state index is 0.109. The van der Waals surface area contributed by atoms with Gasteiger partial charge in [-0.2, -0.15) is 0 Å². The molecule has 2 heterocycles. The van der Waals surface area contributed by atoms with Gasteiger partial charge in [0.1, 0.15) is 5.82 Å². The minimum atomic E-state index is -3.57. The maximum Gasteiger partial charge on any atom is 0.232 e. The van der Waals surface area contributed by atoms with E-state index in [1.54, 1.807) is 12.3 Å². The van der Waals surface area contributed by atoms with Gasteiger partial charge in [0.2, 0.25) is 15.0 Å². The smallest absolute Gasteiger partial charge is 0.232 e. The van der Waals surface area contributed by atoms with Crippen LogP contribution in [0.1, 0.15) is 12.0 Å². The van der Waals surface area contributed by atoms with Crippen LogP contribution in [0.3, 0.4) is 0 Å². The van der Waals surface area contributed by atoms with Crippen molar-refractivity contribution in [3.63, 3.8) is 0 Å². The number of rotatable bonds is 3. The van der Waals surface area contributed by atoms with Gasteiger partial charge in [0.05, 0.1) is 5.75 Å². The fourth-order valence-electron chi connectivity index (χ4n) is 2.14. The van der Waals surface area contributed by atoms with E-state index in [1.807, 2.05) is 13.0 Å². The number of pyridine rings is 1. The predicted octanol–water partition coefficient (Wildman–Crippen LogP) is 1.31. The first-order valence-corrected chi connectivity index (χ1v) is 7.99. The molecule has 0 N–H and O–H groups in total. The molecule has 0 bridgehead atoms. The van der Waals surface area contributed by atoms with E-state index in [2.05, 4.69) is 4.98 Å². The van der Waals surface area contributed by atoms with Crippen LogP contribution < -0.4 is 4.90 Å². The second kappa shape index (κ2) is 4.85. The highest BCUT2D eigenvalue weighted by Crippen LogP contribution is 2.27. The van der Waals surface area contributed by atoms with E-state index >= 15 is 0 Å². The molecule has 1 aromatic heterocycles. The van der Waals surface area contributed by atoms with E-state index < -0.39 is 9.05 Å². The molecule has 5 nitrogen and oxygen atoms in total. The van der Waals surface area contributed by atoms with Crippen molar-refractivity contribution < 1.29 is 13.2 Å². The van der Waals surface area contributed by atoms with Gasteiger partial charge in [0, 0.05) is 35.8 Å². The molecule has 1 aliphatic rings. The lowest BCUT2D eigenvalue weighted by atomic mass is 10.1. The maximum atomic E-state index is 11.9. The molecule has 1 unspecified atom stereocenters. The van der Waals surface area contributed by atoms with E-state index in [1.165, 1.54) is 4.90 Å². The van der Waals surface area contributed by atoms with Crippen LogP contribution >= 0.6 is 10.7 Å². The van der Waals surface area contributed by atoms with Crippen molar-refractivity contribution in [2.24, 2.45) is 5.92 Å². The van der Waals surface area contributed by atoms with Gasteiger partial charge >= 0.3 is 0 Å². The average molecular weight is 289 g/mol. The molecule has 18 heavy (non-hydrogen) atoms. The highest BCUT2D eigenvalue weighted by molar-refractivity contribution is 8.13. The molecule has 0 saturated carbocycles. The molecule has 2 rings (SSSR count). The highest BCUT2D eigenvalue weighted by atomic mass is 35.7. The van der Waals surface area contributed by atoms with Gasteiger partial charge in [-0.05, 0) is 18.6 Å². The molecule has 0 spiro atoms. The van der Waals surface area contributed by atoms with Gasteiger partial charge in [-0.3, -0.25) is 9.69 Å². The summed E-state index contributed by atoms with van der Waals surface area (Å²) in [6.45, 7) is 2.21. The lowest BCUT2D eigenvalue weighted by molar-refractivity contribution is -0.117. The number of hydrogen-bond acceptors (Lipinski definition) is 4. The standard InChI is InChI=1S/C11H13ClN2O3S/c1-8-3-2-4-13-11(8)14-6-9(5-10(14)15)7-18(12,16)17/h2-4,9H,5-7H2,1H3. The highest BCUT2D eigenvalue weighted by Gasteiger charge is 2.34. The summed E-state index contributed by atoms with van der Waals surface area (Å²) >= 11 is 0. The van der Waals surface area contributed by atoms with Crippen molar-refractivity contribution in [1.29, 1.82) is 0 Å². The Morgan fingerprint density at radius 1 is 1.56 bits per heavy atom. The summed E-state index contributed by atoms with van der Waals surface area (Å²) in [5, 5.41) is 0. The molecule has 98 valence electrons. The van der Waals surface area contributed by atoms with Gasteiger partial charge in [-0.15, -0.1) is 0 Å². The molecule has 0 aromatic carbocycles. The van der Waals surface area contributed by atoms with Crippen LogP contribution in [0, 0.1) is 12.8 Å². The Morgan fingerprint density at radius 2 is 2.28 bits per heavy atom. The Bertz CT molecular complexity index is 573. The van der Waals surface area contributed by atoms with E-state index in [0.29, 0.717) is 12.4 Å². The summed E-state index contributed by atoms with van der Waals surface area (Å²) < 4.78 is 22.0. The Hall–Kier alpha value is -1.14. The van der Waals surface area contributed by atoms with Gasteiger partial charge < -0.3 is 0 Å². The van der Waals surface area contributed by atoms with Gasteiger partial charge in [-0.1, -0.05) is 6.07 Å². The number of aryl methyl sites for hydroxylation is 1. The molecular weight excluding hydrogens is 276 g/mol. The molecule has 0 radical (unpaired) electrons. The molecule has 1 atom stereocenters. The molecule has 1 fully saturated rings. The largest absolute Gasteiger partial charge is 0.296 e. The quantitative estimate of drug-likeness (QED) is 0.787. The molecule has 1 aromatic rings. The first-order valence-electron chi connectivity index (χ1n) is 5.51. The zero-order chi connectivity index (χ0) is 13.3. The third kappa shape index (κ3) is 3.00. The van der Waals surface area contributed by atoms with Crippen molar-refractivity contribution in [3.05, 3.63) is 23.9 Å². The summed E-state index contributed by atoms with van der Waals surface area (Å²) in [6, 6.07) is 3.65. The summed E-state index contributed by atoms with van der Waals surface area (Å²) in [7, 11) is 1.64. The van der Waals surface area contributed by atoms with Crippen LogP contribution in [0.4, 0.5) is 5.82 Å². The fraction of sp³-hybridized carbons (Fsp3) is 0.455. The normalized spacial score (nSPS) is 20.4. The van der Waals surface area contributed by atoms with Crippen LogP contribution in [0.2, 0.25) is 0 Å². The van der Waals surface area contributed by atoms with Crippen molar-refractivity contribution >= 4 is 31.5 Å². The summed E-state index contributed by atoms with van der Waals surface area (Å²) in [5.41, 5.74) is 0.889. The van der Waals surface area contributed by atoms with Gasteiger partial charge in [0.15, 0.2) is 0 Å². The first kappa shape index (κ1) is 13.3. The summed E-state index contributed by atoms with van der Waals surface area (Å²) in [5.74, 6) is 0.0448. The maximum absolute atomic E-state index is 11.9. The Labute approximate surface area is 110 Å². The molecule has 1 aliphatic heterocycles. The third-order valence-electron chi connectivity index (χ3n) is 2.88. The lowest BCUT2D eigenvalue weighted by Gasteiger charge is -2.17. The third-order valence-corrected chi connectivity index (χ3v) is 4.12. The van der Waals surface area contributed by atoms with Crippen LogP contribution in [0.5, 0.6) is 0 Å². The van der Waals surface area contributed by atoms with Crippen molar-refractivity contribution in [2.75, 3.05) is 17.2 Å². The molecule has 0 aliphatic carbocycles. The molecular formula is C11H13ClN2O3S. The number of halogens is 1. The summed E-state index contributed by atoms with van der Waals surface area (Å²) in [4.78, 5) is 17.6. The van der Waals surface area contributed by atoms with E-state index in [9.17, 15) is 13.2 Å². The van der Waals surface area contributed by atoms with Crippen LogP contribution in [0.15, 0.2) is 18.3 Å². The van der Waals surface area contributed by atoms with E-state index in [4.69, 9.17) is 10.7 Å². The topological polar surface area (TPSA) is 67.3 Å². The number of nitrogens with zero attached hydrogens (tertiary/aromatic N) is 2. The SMILES string of the molecule is Cc1cccnc1N1CC(CS(=O)(=O)Cl)CC1=O. The number of aromatic nitrogens is 1. The van der Waals surface area contributed by atoms with Gasteiger partial charge in [-0.25, -0.2) is 13.4 Å². The van der Waals surface area contributed by atoms with Crippen molar-refractivity contribution in [1.82, 2.24) is 4.98 Å². The Morgan fingerprint density at radius 3 is 2.89 bits per heavy atom. The van der Waals surface area contributed by atoms with Crippen molar-refractivity contribution in [2.45, 2.75) is 13.3 Å². The average Bonchev–Trinajstić information content (AvgIpc) is 2.57. The predicted molar refractivity (Wildman–Crippen MR) is 69.1 cm³/mol. The fourth-order valence-corrected chi connectivity index (χ4v) is 3.46. The van der Waals surface area contributed by atoms with Gasteiger partial charge in [0.25, 0.3) is 0 Å². The number of anilines is 1. The molecule has 1 amide bonds. The Kier molecular flexibility index (Phi) is 3.59. The minimum Gasteiger partial charge on any atom is -0.296 e. The van der Waals surface area contributed by atoms with Crippen LogP contribution in [-0.2, 0) is 13.8 Å². The molecule has 1 saturated heterocycles. The molecule has 7 heteroatoms. The number of amides is 1. The number of hydrogen-bond donors (Lipinski definition) is 0. The summed E-state index contributed by atoms with van der Waals surface area (Å²) in [6.07, 6.45) is 1.81. The Balaban J connectivity index is 2.18. The second-order valence-electron chi connectivity index (χ2n) is 4.42. The van der Waals surface area contributed by atoms with Crippen molar-refractivity contribution in [3.8, 4) is 0 Å². The first-order chi connectivity index (χ1) is 8.37. The van der Waals surface area contributed by atoms with Crippen LogP contribution in [0.25, 0.3) is 0 Å². The van der Waals surface area contributed by atoms with E-state index in [0.717, 1.165) is 5.56 Å². The zero-order valence-corrected chi connectivity index (χ0v) is 11.4. The number of carbonyl (C=O) groups excluding carboxylic acids is 1. The lowest BCUT2D eigenvalue weighted by Crippen LogP contribution is -2.27. The second-order valence-corrected chi connectivity index (χ2v) is 7.25. The zero-order valence-electron chi connectivity index (χ0n) is 9.84. The monoisotopic (exact) mass is 288 g/mol. The van der Waals surface area contributed by atoms with E-state index in [-0.39, 0.29) is 24.0 Å². The number of carbonyl (C=O) groups is 1. The van der Waals surface area contributed by atoms with Crippen LogP contribution in [-0.4, -0.2) is 31.6 Å².